The van der Waals surface area contributed by atoms with Gasteiger partial charge in [0.25, 0.3) is 5.91 Å². The number of benzene rings is 4. The smallest absolute Gasteiger partial charge is 0.335 e. The standard InChI is InChI=1S/C28H38N6O4.C27H25N5O5.C27H27N5O4/c1-2-29-25(35)21-20-22(38-28(37-20)6-4-3-5-7-28)26(36-21)34-15-32-19-23(30-14-31-24(19)34)33-27-11-16-8-17(12-27)10-18(9-16)13-27;33-26(34)22-20-21(37-27(36-20)12-17-8-4-5-9-18(17)13-27)25(35-22)32-15-31-19-23(29-14-30-24(19)32)28-11-10-16-6-2-1-3-7-16;33-14-20-22-23(36-27(35-22)12-18-8-4-5-9-19(18)13-27)26(34-20)32-16-31-21-24(29-15-30-25(21)32)28-11-10-17-6-2-1-3-7-17/h14-18,20-22,26H,2-13H2,1H3,(H,29,35)(H,30,31,33);1-9,14-15,20-22,25H,10-13H2,(H,33,34)(H,28,29,30);1-9,15-16,20,22-23,26,33H,10-14H2,(H,28,29,30)/t16?,17?,18?,20?,21-,22-,26+,27?;20?,21-,22-,25+;20-,22?,23+,26-/m001/s1. The minimum atomic E-state index is -1.17. The molecule has 11 fully saturated rings. The topological polar surface area (TPSA) is 337 Å². The number of rotatable bonds is 17. The zero-order chi connectivity index (χ0) is 74.6. The molecule has 13 aliphatic rings. The summed E-state index contributed by atoms with van der Waals surface area (Å²) >= 11 is 0. The predicted octanol–water partition coefficient (Wildman–Crippen LogP) is 9.08. The van der Waals surface area contributed by atoms with Gasteiger partial charge in [-0.15, -0.1) is 0 Å². The molecule has 12 heterocycles. The molecular formula is C82H90N16O13. The van der Waals surface area contributed by atoms with E-state index in [1.54, 1.807) is 29.9 Å². The molecular weight excluding hydrogens is 1420 g/mol. The number of aromatic nitrogens is 12. The van der Waals surface area contributed by atoms with Crippen molar-refractivity contribution in [3.05, 3.63) is 181 Å². The van der Waals surface area contributed by atoms with Crippen LogP contribution in [0.15, 0.2) is 147 Å². The van der Waals surface area contributed by atoms with Crippen LogP contribution in [0.5, 0.6) is 0 Å². The summed E-state index contributed by atoms with van der Waals surface area (Å²) in [4.78, 5) is 66.1. The molecule has 5 saturated carbocycles. The lowest BCUT2D eigenvalue weighted by Gasteiger charge is -2.57. The third-order valence-corrected chi connectivity index (χ3v) is 24.9. The zero-order valence-corrected chi connectivity index (χ0v) is 61.6. The van der Waals surface area contributed by atoms with E-state index in [1.807, 2.05) is 76.7 Å². The predicted molar refractivity (Wildman–Crippen MR) is 401 cm³/mol. The number of carbonyl (C=O) groups excluding carboxylic acids is 1. The number of hydrogen-bond donors (Lipinski definition) is 6. The van der Waals surface area contributed by atoms with E-state index in [1.165, 1.54) is 79.9 Å². The molecule has 3 spiro atoms. The van der Waals surface area contributed by atoms with Gasteiger partial charge in [0.15, 0.2) is 99.2 Å². The summed E-state index contributed by atoms with van der Waals surface area (Å²) in [6.45, 7) is 3.69. The van der Waals surface area contributed by atoms with Crippen LogP contribution >= 0.6 is 0 Å². The van der Waals surface area contributed by atoms with Crippen LogP contribution in [0, 0.1) is 17.8 Å². The number of nitrogens with zero attached hydrogens (tertiary/aromatic N) is 12. The van der Waals surface area contributed by atoms with E-state index in [2.05, 4.69) is 110 Å². The van der Waals surface area contributed by atoms with E-state index in [-0.39, 0.29) is 24.2 Å². The quantitative estimate of drug-likeness (QED) is 0.0495. The second kappa shape index (κ2) is 28.6. The highest BCUT2D eigenvalue weighted by Crippen LogP contribution is 2.58. The van der Waals surface area contributed by atoms with E-state index in [0.29, 0.717) is 78.4 Å². The van der Waals surface area contributed by atoms with Gasteiger partial charge in [-0.05, 0) is 122 Å². The molecule has 4 aromatic carbocycles. The monoisotopic (exact) mass is 1510 g/mol. The van der Waals surface area contributed by atoms with Gasteiger partial charge < -0.3 is 74.1 Å². The van der Waals surface area contributed by atoms with Gasteiger partial charge in [-0.25, -0.2) is 49.7 Å². The van der Waals surface area contributed by atoms with Crippen LogP contribution in [-0.2, 0) is 90.7 Å². The SMILES string of the molecule is CCNC(=O)[C@H]1O[C@@H](n2cnc3c(NC45CC6CC(CC(C6)C4)C5)ncnc32)[C@H]2OC3(CCCCC3)OC12.O=C(O)[C@H]1O[C@@H](n2cnc3c(NCCc4ccccc4)ncnc32)[C@H]2OC3(Cc4ccccc4C3)OC12.OC[C@H]1O[C@@H](n2cnc3c(NCCc4ccccc4)ncnc32)[C@H]2OC3(Cc4ccccc4C3)OC12. The van der Waals surface area contributed by atoms with Gasteiger partial charge in [0, 0.05) is 63.7 Å². The molecule has 29 nitrogen and oxygen atoms in total. The highest BCUT2D eigenvalue weighted by atomic mass is 16.8. The van der Waals surface area contributed by atoms with E-state index >= 15 is 0 Å². The lowest BCUT2D eigenvalue weighted by molar-refractivity contribution is -0.229. The molecule has 29 heteroatoms. The molecule has 111 heavy (non-hydrogen) atoms. The number of carbonyl (C=O) groups is 2. The molecule has 3 unspecified atom stereocenters. The summed E-state index contributed by atoms with van der Waals surface area (Å²) < 4.78 is 63.3. The van der Waals surface area contributed by atoms with E-state index in [4.69, 9.17) is 47.6 Å². The second-order valence-electron chi connectivity index (χ2n) is 32.2. The van der Waals surface area contributed by atoms with Crippen LogP contribution in [-0.4, -0.2) is 185 Å². The molecule has 7 aliphatic carbocycles. The van der Waals surface area contributed by atoms with Crippen LogP contribution in [0.25, 0.3) is 33.5 Å². The molecule has 12 atom stereocenters. The van der Waals surface area contributed by atoms with Crippen molar-refractivity contribution in [3.63, 3.8) is 0 Å². The number of carboxylic acids is 1. The van der Waals surface area contributed by atoms with Crippen molar-refractivity contribution in [2.75, 3.05) is 42.2 Å². The number of fused-ring (bicyclic) bond motifs is 8. The first-order chi connectivity index (χ1) is 54.4. The van der Waals surface area contributed by atoms with Gasteiger partial charge in [0.1, 0.15) is 61.7 Å². The maximum atomic E-state index is 13.0. The Kier molecular flexibility index (Phi) is 18.2. The van der Waals surface area contributed by atoms with Crippen molar-refractivity contribution in [1.82, 2.24) is 63.9 Å². The van der Waals surface area contributed by atoms with Crippen LogP contribution in [0.2, 0.25) is 0 Å². The lowest BCUT2D eigenvalue weighted by atomic mass is 9.53. The number of carboxylic acid groups (broad SMARTS) is 1. The first-order valence-electron chi connectivity index (χ1n) is 39.5. The number of anilines is 3. The number of nitrogens with one attached hydrogen (secondary N) is 4. The summed E-state index contributed by atoms with van der Waals surface area (Å²) in [6.07, 6.45) is 19.5. The van der Waals surface area contributed by atoms with Crippen molar-refractivity contribution < 1.29 is 62.4 Å². The molecule has 10 aromatic rings. The Morgan fingerprint density at radius 2 is 0.874 bits per heavy atom. The Bertz CT molecular complexity index is 5010. The molecule has 1 amide bonds. The number of likely N-dealkylation sites (N-methyl/N-ethyl adjacent to an activating group) is 1. The Labute approximate surface area is 639 Å². The molecule has 576 valence electrons. The minimum Gasteiger partial charge on any atom is -0.479 e. The van der Waals surface area contributed by atoms with Gasteiger partial charge in [-0.1, -0.05) is 116 Å². The molecule has 4 bridgehead atoms. The van der Waals surface area contributed by atoms with E-state index in [0.717, 1.165) is 85.3 Å². The maximum Gasteiger partial charge on any atom is 0.335 e. The van der Waals surface area contributed by atoms with Gasteiger partial charge in [-0.2, -0.15) is 0 Å². The van der Waals surface area contributed by atoms with Gasteiger partial charge in [0.05, 0.1) is 25.6 Å². The fourth-order valence-corrected chi connectivity index (χ4v) is 20.5. The summed E-state index contributed by atoms with van der Waals surface area (Å²) in [5.74, 6) is 1.09. The van der Waals surface area contributed by atoms with Gasteiger partial charge in [0.2, 0.25) is 0 Å². The number of hydrogen-bond acceptors (Lipinski definition) is 24. The van der Waals surface area contributed by atoms with Crippen LogP contribution < -0.4 is 21.3 Å². The minimum absolute atomic E-state index is 0.119. The van der Waals surface area contributed by atoms with E-state index < -0.39 is 90.8 Å². The fourth-order valence-electron chi connectivity index (χ4n) is 20.5. The molecule has 6 saturated heterocycles. The number of ether oxygens (including phenoxy) is 9. The Morgan fingerprint density at radius 1 is 0.468 bits per heavy atom. The van der Waals surface area contributed by atoms with Gasteiger partial charge in [-0.3, -0.25) is 18.5 Å². The van der Waals surface area contributed by atoms with Crippen LogP contribution in [0.1, 0.15) is 130 Å². The molecule has 23 rings (SSSR count). The summed E-state index contributed by atoms with van der Waals surface area (Å²) in [5.41, 5.74) is 11.2. The number of aliphatic carboxylic acids is 1. The fraction of sp³-hybridized carbons (Fsp3) is 0.500. The molecule has 6 aliphatic heterocycles. The van der Waals surface area contributed by atoms with E-state index in [9.17, 15) is 19.8 Å². The second-order valence-corrected chi connectivity index (χ2v) is 32.2. The third-order valence-electron chi connectivity index (χ3n) is 24.9. The van der Waals surface area contributed by atoms with Crippen molar-refractivity contribution in [1.29, 1.82) is 0 Å². The lowest BCUT2D eigenvalue weighted by Crippen LogP contribution is -2.54. The number of amides is 1. The number of imidazole rings is 3. The number of aliphatic hydroxyl groups is 1. The zero-order valence-electron chi connectivity index (χ0n) is 61.6. The first kappa shape index (κ1) is 70.6. The summed E-state index contributed by atoms with van der Waals surface area (Å²) in [6, 6.07) is 36.9. The Morgan fingerprint density at radius 3 is 1.35 bits per heavy atom. The van der Waals surface area contributed by atoms with Crippen molar-refractivity contribution in [2.45, 2.75) is 213 Å². The highest BCUT2D eigenvalue weighted by Gasteiger charge is 2.65. The molecule has 6 N–H and O–H groups in total. The van der Waals surface area contributed by atoms with Crippen molar-refractivity contribution >= 4 is 62.8 Å². The summed E-state index contributed by atoms with van der Waals surface area (Å²) in [5, 5.41) is 33.5. The molecule has 6 aromatic heterocycles. The first-order valence-corrected chi connectivity index (χ1v) is 39.5. The van der Waals surface area contributed by atoms with Crippen LogP contribution in [0.3, 0.4) is 0 Å². The summed E-state index contributed by atoms with van der Waals surface area (Å²) in [7, 11) is 0. The van der Waals surface area contributed by atoms with Crippen molar-refractivity contribution in [3.8, 4) is 0 Å². The average Bonchev–Trinajstić information content (AvgIpc) is 1.64. The van der Waals surface area contributed by atoms with Crippen molar-refractivity contribution in [2.24, 2.45) is 17.8 Å². The normalized spacial score (nSPS) is 30.8. The molecule has 0 radical (unpaired) electrons. The Hall–Kier alpha value is -9.53. The third kappa shape index (κ3) is 12.9. The van der Waals surface area contributed by atoms with Gasteiger partial charge >= 0.3 is 5.97 Å². The number of aliphatic hydroxyl groups excluding tert-OH is 1. The average molecular weight is 1510 g/mol. The Balaban J connectivity index is 0.000000109. The highest BCUT2D eigenvalue weighted by molar-refractivity contribution is 5.85. The maximum absolute atomic E-state index is 13.0. The largest absolute Gasteiger partial charge is 0.479 e. The van der Waals surface area contributed by atoms with Crippen LogP contribution in [0.4, 0.5) is 17.5 Å².